The molecule has 2 saturated heterocycles. The third kappa shape index (κ3) is 7.79. The van der Waals surface area contributed by atoms with Crippen molar-refractivity contribution in [1.29, 1.82) is 0 Å². The first-order chi connectivity index (χ1) is 14.7. The van der Waals surface area contributed by atoms with Gasteiger partial charge in [-0.3, -0.25) is 4.99 Å². The predicted octanol–water partition coefficient (Wildman–Crippen LogP) is 4.26. The van der Waals surface area contributed by atoms with E-state index in [9.17, 15) is 4.79 Å². The van der Waals surface area contributed by atoms with Gasteiger partial charge in [0.1, 0.15) is 5.60 Å². The Bertz CT molecular complexity index is 764. The van der Waals surface area contributed by atoms with Crippen LogP contribution in [0, 0.1) is 12.8 Å². The van der Waals surface area contributed by atoms with Crippen molar-refractivity contribution < 1.29 is 14.3 Å². The van der Waals surface area contributed by atoms with Crippen molar-refractivity contribution in [2.75, 3.05) is 33.3 Å². The van der Waals surface area contributed by atoms with Gasteiger partial charge in [0.25, 0.3) is 0 Å². The lowest BCUT2D eigenvalue weighted by Crippen LogP contribution is -2.46. The highest BCUT2D eigenvalue weighted by Gasteiger charge is 2.30. The number of hydrogen-bond donors (Lipinski definition) is 2. The molecular formula is C24H39IN4O3. The molecule has 3 rings (SSSR count). The molecule has 32 heavy (non-hydrogen) atoms. The standard InChI is InChI=1S/C24H38N4O3.HI/c1-17-8-10-18(11-9-17)21-19(7-6-14-30-21)15-26-22(25-5)28-13-12-20(16-28)27-23(29)31-24(2,3)4;/h8-11,19-21H,6-7,12-16H2,1-5H3,(H,25,26)(H,27,29);1H. The normalized spacial score (nSPS) is 24.0. The molecule has 8 heteroatoms. The number of halogens is 1. The number of hydrogen-bond acceptors (Lipinski definition) is 4. The van der Waals surface area contributed by atoms with E-state index in [-0.39, 0.29) is 42.2 Å². The molecule has 0 spiro atoms. The number of likely N-dealkylation sites (tertiary alicyclic amines) is 1. The number of nitrogens with zero attached hydrogens (tertiary/aromatic N) is 2. The maximum absolute atomic E-state index is 12.1. The Morgan fingerprint density at radius 2 is 1.97 bits per heavy atom. The number of aliphatic imine (C=N–C) groups is 1. The molecule has 1 aromatic carbocycles. The summed E-state index contributed by atoms with van der Waals surface area (Å²) in [5, 5.41) is 6.53. The Hall–Kier alpha value is -1.55. The summed E-state index contributed by atoms with van der Waals surface area (Å²) in [6.07, 6.45) is 2.84. The van der Waals surface area contributed by atoms with Crippen LogP contribution in [0.1, 0.15) is 57.3 Å². The van der Waals surface area contributed by atoms with E-state index in [1.807, 2.05) is 27.8 Å². The minimum absolute atomic E-state index is 0. The highest BCUT2D eigenvalue weighted by Crippen LogP contribution is 2.33. The van der Waals surface area contributed by atoms with Crippen molar-refractivity contribution in [3.05, 3.63) is 35.4 Å². The topological polar surface area (TPSA) is 75.2 Å². The zero-order valence-electron chi connectivity index (χ0n) is 20.0. The van der Waals surface area contributed by atoms with Gasteiger partial charge in [-0.2, -0.15) is 0 Å². The van der Waals surface area contributed by atoms with Gasteiger partial charge in [0.2, 0.25) is 0 Å². The van der Waals surface area contributed by atoms with Gasteiger partial charge < -0.3 is 25.0 Å². The number of rotatable bonds is 4. The molecule has 2 heterocycles. The van der Waals surface area contributed by atoms with Crippen LogP contribution in [0.4, 0.5) is 4.79 Å². The van der Waals surface area contributed by atoms with Crippen LogP contribution in [0.2, 0.25) is 0 Å². The average Bonchev–Trinajstić information content (AvgIpc) is 3.16. The Labute approximate surface area is 209 Å². The summed E-state index contributed by atoms with van der Waals surface area (Å²) in [4.78, 5) is 18.8. The van der Waals surface area contributed by atoms with Crippen LogP contribution in [0.5, 0.6) is 0 Å². The summed E-state index contributed by atoms with van der Waals surface area (Å²) in [7, 11) is 1.81. The first kappa shape index (κ1) is 26.7. The highest BCUT2D eigenvalue weighted by atomic mass is 127. The van der Waals surface area contributed by atoms with E-state index in [0.717, 1.165) is 51.5 Å². The molecule has 0 aromatic heterocycles. The van der Waals surface area contributed by atoms with Crippen molar-refractivity contribution in [3.63, 3.8) is 0 Å². The van der Waals surface area contributed by atoms with Crippen LogP contribution in [-0.4, -0.2) is 61.9 Å². The zero-order chi connectivity index (χ0) is 22.4. The number of guanidine groups is 1. The highest BCUT2D eigenvalue weighted by molar-refractivity contribution is 14.0. The lowest BCUT2D eigenvalue weighted by molar-refractivity contribution is -0.0266. The molecule has 7 nitrogen and oxygen atoms in total. The van der Waals surface area contributed by atoms with Gasteiger partial charge in [0, 0.05) is 39.2 Å². The van der Waals surface area contributed by atoms with Gasteiger partial charge in [0.05, 0.1) is 12.1 Å². The lowest BCUT2D eigenvalue weighted by atomic mass is 9.89. The third-order valence-electron chi connectivity index (χ3n) is 5.79. The number of ether oxygens (including phenoxy) is 2. The third-order valence-corrected chi connectivity index (χ3v) is 5.79. The van der Waals surface area contributed by atoms with E-state index in [1.165, 1.54) is 11.1 Å². The molecule has 3 unspecified atom stereocenters. The second kappa shape index (κ2) is 12.1. The van der Waals surface area contributed by atoms with Crippen molar-refractivity contribution >= 4 is 36.0 Å². The minimum atomic E-state index is -0.490. The van der Waals surface area contributed by atoms with Crippen molar-refractivity contribution in [1.82, 2.24) is 15.5 Å². The Morgan fingerprint density at radius 1 is 1.25 bits per heavy atom. The van der Waals surface area contributed by atoms with E-state index in [1.54, 1.807) is 0 Å². The van der Waals surface area contributed by atoms with E-state index in [4.69, 9.17) is 9.47 Å². The molecule has 3 atom stereocenters. The van der Waals surface area contributed by atoms with Crippen LogP contribution < -0.4 is 10.6 Å². The summed E-state index contributed by atoms with van der Waals surface area (Å²) in [6.45, 7) is 10.9. The first-order valence-corrected chi connectivity index (χ1v) is 11.4. The fourth-order valence-electron chi connectivity index (χ4n) is 4.28. The SMILES string of the molecule is CN=C(NCC1CCCOC1c1ccc(C)cc1)N1CCC(NC(=O)OC(C)(C)C)C1.I. The molecule has 0 bridgehead atoms. The summed E-state index contributed by atoms with van der Waals surface area (Å²) in [5.74, 6) is 1.27. The second-order valence-corrected chi connectivity index (χ2v) is 9.61. The van der Waals surface area contributed by atoms with Crippen molar-refractivity contribution in [2.24, 2.45) is 10.9 Å². The van der Waals surface area contributed by atoms with Gasteiger partial charge >= 0.3 is 6.09 Å². The molecule has 1 amide bonds. The van der Waals surface area contributed by atoms with Crippen LogP contribution in [-0.2, 0) is 9.47 Å². The average molecular weight is 559 g/mol. The molecule has 2 aliphatic rings. The van der Waals surface area contributed by atoms with E-state index >= 15 is 0 Å². The first-order valence-electron chi connectivity index (χ1n) is 11.4. The van der Waals surface area contributed by atoms with Crippen LogP contribution >= 0.6 is 24.0 Å². The zero-order valence-corrected chi connectivity index (χ0v) is 22.3. The molecule has 0 saturated carbocycles. The Balaban J connectivity index is 0.00000363. The number of benzene rings is 1. The number of amides is 1. The molecular weight excluding hydrogens is 519 g/mol. The number of carbonyl (C=O) groups excluding carboxylic acids is 1. The fourth-order valence-corrected chi connectivity index (χ4v) is 4.28. The fraction of sp³-hybridized carbons (Fsp3) is 0.667. The summed E-state index contributed by atoms with van der Waals surface area (Å²) in [6, 6.07) is 8.73. The van der Waals surface area contributed by atoms with Crippen molar-refractivity contribution in [2.45, 2.75) is 64.7 Å². The molecule has 2 fully saturated rings. The summed E-state index contributed by atoms with van der Waals surface area (Å²) in [5.41, 5.74) is 2.02. The van der Waals surface area contributed by atoms with Gasteiger partial charge in [-0.25, -0.2) is 4.79 Å². The minimum Gasteiger partial charge on any atom is -0.444 e. The van der Waals surface area contributed by atoms with Gasteiger partial charge in [-0.05, 0) is 52.5 Å². The monoisotopic (exact) mass is 558 g/mol. The molecule has 1 aromatic rings. The van der Waals surface area contributed by atoms with Crippen LogP contribution in [0.15, 0.2) is 29.3 Å². The number of nitrogens with one attached hydrogen (secondary N) is 2. The molecule has 2 aliphatic heterocycles. The van der Waals surface area contributed by atoms with E-state index < -0.39 is 5.60 Å². The Morgan fingerprint density at radius 3 is 2.62 bits per heavy atom. The maximum Gasteiger partial charge on any atom is 0.407 e. The number of carbonyl (C=O) groups is 1. The lowest BCUT2D eigenvalue weighted by Gasteiger charge is -2.33. The summed E-state index contributed by atoms with van der Waals surface area (Å²) >= 11 is 0. The molecule has 2 N–H and O–H groups in total. The predicted molar refractivity (Wildman–Crippen MR) is 139 cm³/mol. The van der Waals surface area contributed by atoms with Gasteiger partial charge in [0.15, 0.2) is 5.96 Å². The van der Waals surface area contributed by atoms with Crippen molar-refractivity contribution in [3.8, 4) is 0 Å². The second-order valence-electron chi connectivity index (χ2n) is 9.61. The molecule has 180 valence electrons. The van der Waals surface area contributed by atoms with Crippen LogP contribution in [0.25, 0.3) is 0 Å². The molecule has 0 aliphatic carbocycles. The van der Waals surface area contributed by atoms with E-state index in [0.29, 0.717) is 5.92 Å². The summed E-state index contributed by atoms with van der Waals surface area (Å²) < 4.78 is 11.5. The largest absolute Gasteiger partial charge is 0.444 e. The van der Waals surface area contributed by atoms with Gasteiger partial charge in [-0.15, -0.1) is 24.0 Å². The van der Waals surface area contributed by atoms with E-state index in [2.05, 4.69) is 51.7 Å². The Kier molecular flexibility index (Phi) is 10.1. The number of alkyl carbamates (subject to hydrolysis) is 1. The number of aryl methyl sites for hydroxylation is 1. The molecule has 0 radical (unpaired) electrons. The maximum atomic E-state index is 12.1. The van der Waals surface area contributed by atoms with Gasteiger partial charge in [-0.1, -0.05) is 29.8 Å². The smallest absolute Gasteiger partial charge is 0.407 e. The van der Waals surface area contributed by atoms with Crippen LogP contribution in [0.3, 0.4) is 0 Å². The quantitative estimate of drug-likeness (QED) is 0.329.